The summed E-state index contributed by atoms with van der Waals surface area (Å²) < 4.78 is 16.9. The van der Waals surface area contributed by atoms with Crippen LogP contribution >= 0.6 is 0 Å². The number of ether oxygens (including phenoxy) is 3. The van der Waals surface area contributed by atoms with Crippen LogP contribution in [0.4, 0.5) is 0 Å². The average molecular weight is 1060 g/mol. The Hall–Kier alpha value is -3.15. The molecule has 1 unspecified atom stereocenters. The van der Waals surface area contributed by atoms with Gasteiger partial charge in [-0.3, -0.25) is 14.4 Å². The summed E-state index contributed by atoms with van der Waals surface area (Å²) in [6.45, 7) is 6.54. The highest BCUT2D eigenvalue weighted by molar-refractivity contribution is 5.71. The van der Waals surface area contributed by atoms with E-state index >= 15 is 0 Å². The lowest BCUT2D eigenvalue weighted by Gasteiger charge is -2.18. The van der Waals surface area contributed by atoms with E-state index in [1.54, 1.807) is 0 Å². The smallest absolute Gasteiger partial charge is 0.306 e. The molecule has 0 rings (SSSR count). The summed E-state index contributed by atoms with van der Waals surface area (Å²) in [4.78, 5) is 38.1. The van der Waals surface area contributed by atoms with Crippen LogP contribution in [-0.4, -0.2) is 37.2 Å². The van der Waals surface area contributed by atoms with Gasteiger partial charge in [0, 0.05) is 19.3 Å². The summed E-state index contributed by atoms with van der Waals surface area (Å²) in [5, 5.41) is 0. The third-order valence-corrected chi connectivity index (χ3v) is 14.5. The van der Waals surface area contributed by atoms with Gasteiger partial charge in [0.2, 0.25) is 0 Å². The van der Waals surface area contributed by atoms with Crippen molar-refractivity contribution in [3.8, 4) is 0 Å². The first-order valence-electron chi connectivity index (χ1n) is 32.9. The molecule has 0 saturated heterocycles. The number of esters is 3. The predicted octanol–water partition coefficient (Wildman–Crippen LogP) is 22.5. The van der Waals surface area contributed by atoms with Crippen LogP contribution in [0.25, 0.3) is 0 Å². The topological polar surface area (TPSA) is 78.9 Å². The van der Waals surface area contributed by atoms with Gasteiger partial charge < -0.3 is 14.2 Å². The maximum Gasteiger partial charge on any atom is 0.306 e. The minimum Gasteiger partial charge on any atom is -0.462 e. The van der Waals surface area contributed by atoms with Gasteiger partial charge in [-0.05, 0) is 70.6 Å². The second-order valence-corrected chi connectivity index (χ2v) is 22.0. The van der Waals surface area contributed by atoms with E-state index in [1.165, 1.54) is 199 Å². The Kier molecular flexibility index (Phi) is 61.7. The molecule has 0 spiro atoms. The van der Waals surface area contributed by atoms with Crippen LogP contribution in [0.15, 0.2) is 72.9 Å². The molecular weight excluding hydrogens is 937 g/mol. The second kappa shape index (κ2) is 64.4. The molecule has 0 aliphatic heterocycles. The first-order valence-corrected chi connectivity index (χ1v) is 32.9. The molecule has 0 heterocycles. The number of hydrogen-bond acceptors (Lipinski definition) is 6. The van der Waals surface area contributed by atoms with Crippen molar-refractivity contribution >= 4 is 17.9 Å². The van der Waals surface area contributed by atoms with Crippen molar-refractivity contribution in [3.05, 3.63) is 72.9 Å². The third-order valence-electron chi connectivity index (χ3n) is 14.5. The monoisotopic (exact) mass is 1060 g/mol. The van der Waals surface area contributed by atoms with Crippen molar-refractivity contribution in [2.75, 3.05) is 13.2 Å². The van der Waals surface area contributed by atoms with Gasteiger partial charge >= 0.3 is 17.9 Å². The molecule has 6 nitrogen and oxygen atoms in total. The lowest BCUT2D eigenvalue weighted by atomic mass is 10.0. The highest BCUT2D eigenvalue weighted by Gasteiger charge is 2.19. The number of rotatable bonds is 60. The first kappa shape index (κ1) is 72.8. The molecule has 0 aliphatic carbocycles. The van der Waals surface area contributed by atoms with Gasteiger partial charge in [-0.15, -0.1) is 0 Å². The molecule has 76 heavy (non-hydrogen) atoms. The average Bonchev–Trinajstić information content (AvgIpc) is 3.42. The number of allylic oxidation sites excluding steroid dienone is 12. The number of hydrogen-bond donors (Lipinski definition) is 0. The molecule has 440 valence electrons. The summed E-state index contributed by atoms with van der Waals surface area (Å²) in [5.74, 6) is -0.856. The zero-order valence-corrected chi connectivity index (χ0v) is 50.5. The van der Waals surface area contributed by atoms with Crippen LogP contribution in [0, 0.1) is 0 Å². The molecule has 0 fully saturated rings. The van der Waals surface area contributed by atoms with E-state index in [4.69, 9.17) is 14.2 Å². The highest BCUT2D eigenvalue weighted by Crippen LogP contribution is 2.17. The quantitative estimate of drug-likeness (QED) is 0.0261. The van der Waals surface area contributed by atoms with Gasteiger partial charge in [-0.1, -0.05) is 318 Å². The van der Waals surface area contributed by atoms with E-state index in [-0.39, 0.29) is 31.1 Å². The van der Waals surface area contributed by atoms with Crippen LogP contribution in [-0.2, 0) is 28.6 Å². The molecule has 0 bridgehead atoms. The molecule has 0 aromatic rings. The Morgan fingerprint density at radius 3 is 0.803 bits per heavy atom. The van der Waals surface area contributed by atoms with Crippen molar-refractivity contribution in [3.63, 3.8) is 0 Å². The van der Waals surface area contributed by atoms with Gasteiger partial charge in [-0.25, -0.2) is 0 Å². The van der Waals surface area contributed by atoms with Gasteiger partial charge in [-0.2, -0.15) is 0 Å². The fourth-order valence-corrected chi connectivity index (χ4v) is 9.57. The Labute approximate surface area is 472 Å². The molecule has 0 saturated carbocycles. The van der Waals surface area contributed by atoms with Crippen LogP contribution < -0.4 is 0 Å². The van der Waals surface area contributed by atoms with Crippen LogP contribution in [0.1, 0.15) is 335 Å². The molecule has 0 aromatic heterocycles. The molecule has 6 heteroatoms. The lowest BCUT2D eigenvalue weighted by molar-refractivity contribution is -0.167. The van der Waals surface area contributed by atoms with Gasteiger partial charge in [0.25, 0.3) is 0 Å². The van der Waals surface area contributed by atoms with E-state index < -0.39 is 6.10 Å². The fourth-order valence-electron chi connectivity index (χ4n) is 9.57. The molecule has 0 aliphatic rings. The standard InChI is InChI=1S/C70H124O6/c1-4-7-10-13-16-19-21-23-25-27-28-29-30-31-32-33-34-35-36-37-38-39-40-41-42-44-45-47-49-51-54-57-60-63-69(72)75-66-67(65-74-68(71)62-59-56-53-18-15-12-9-6-3)76-70(73)64-61-58-55-52-50-48-46-43-26-24-22-20-17-14-11-8-5-2/h7,10,16,19,23,25,28-29,31-32,34-35,67H,4-6,8-9,11-15,17-18,20-22,24,26-27,30,33,36-66H2,1-3H3/b10-7-,19-16-,25-23-,29-28-,32-31-,35-34-. The van der Waals surface area contributed by atoms with E-state index in [1.807, 2.05) is 0 Å². The number of carbonyl (C=O) groups is 3. The summed E-state index contributed by atoms with van der Waals surface area (Å²) in [7, 11) is 0. The van der Waals surface area contributed by atoms with E-state index in [0.717, 1.165) is 96.3 Å². The molecule has 1 atom stereocenters. The van der Waals surface area contributed by atoms with Crippen molar-refractivity contribution in [1.29, 1.82) is 0 Å². The van der Waals surface area contributed by atoms with Crippen molar-refractivity contribution in [2.24, 2.45) is 0 Å². The van der Waals surface area contributed by atoms with Crippen molar-refractivity contribution in [1.82, 2.24) is 0 Å². The molecule has 0 radical (unpaired) electrons. The summed E-state index contributed by atoms with van der Waals surface area (Å²) in [6.07, 6.45) is 83.7. The predicted molar refractivity (Wildman–Crippen MR) is 330 cm³/mol. The highest BCUT2D eigenvalue weighted by atomic mass is 16.6. The zero-order chi connectivity index (χ0) is 55.0. The van der Waals surface area contributed by atoms with Gasteiger partial charge in [0.05, 0.1) is 0 Å². The largest absolute Gasteiger partial charge is 0.462 e. The maximum absolute atomic E-state index is 12.9. The number of unbranched alkanes of at least 4 members (excludes halogenated alkanes) is 37. The molecule has 0 aromatic carbocycles. The van der Waals surface area contributed by atoms with Crippen LogP contribution in [0.2, 0.25) is 0 Å². The lowest BCUT2D eigenvalue weighted by Crippen LogP contribution is -2.30. The molecular formula is C70H124O6. The fraction of sp³-hybridized carbons (Fsp3) is 0.786. The van der Waals surface area contributed by atoms with Crippen molar-refractivity contribution < 1.29 is 28.6 Å². The normalized spacial score (nSPS) is 12.5. The van der Waals surface area contributed by atoms with E-state index in [2.05, 4.69) is 93.7 Å². The van der Waals surface area contributed by atoms with Crippen LogP contribution in [0.3, 0.4) is 0 Å². The summed E-state index contributed by atoms with van der Waals surface area (Å²) in [6, 6.07) is 0. The summed E-state index contributed by atoms with van der Waals surface area (Å²) in [5.41, 5.74) is 0. The summed E-state index contributed by atoms with van der Waals surface area (Å²) >= 11 is 0. The third kappa shape index (κ3) is 61.7. The minimum atomic E-state index is -0.769. The first-order chi connectivity index (χ1) is 37.5. The number of carbonyl (C=O) groups excluding carboxylic acids is 3. The van der Waals surface area contributed by atoms with E-state index in [9.17, 15) is 14.4 Å². The SMILES string of the molecule is CC/C=C\C/C=C\C/C=C\C/C=C\C/C=C\C/C=C\CCCCCCCCCCCCCCCCC(=O)OCC(COC(=O)CCCCCCCCCC)OC(=O)CCCCCCCCCCCCCCCCCCC. The van der Waals surface area contributed by atoms with Crippen LogP contribution in [0.5, 0.6) is 0 Å². The molecule has 0 N–H and O–H groups in total. The van der Waals surface area contributed by atoms with E-state index in [0.29, 0.717) is 19.3 Å². The van der Waals surface area contributed by atoms with Crippen molar-refractivity contribution in [2.45, 2.75) is 341 Å². The maximum atomic E-state index is 12.9. The van der Waals surface area contributed by atoms with Gasteiger partial charge in [0.1, 0.15) is 13.2 Å². The minimum absolute atomic E-state index is 0.0692. The zero-order valence-electron chi connectivity index (χ0n) is 50.5. The van der Waals surface area contributed by atoms with Gasteiger partial charge in [0.15, 0.2) is 6.10 Å². The second-order valence-electron chi connectivity index (χ2n) is 22.0. The molecule has 0 amide bonds. The Balaban J connectivity index is 4.06. The Bertz CT molecular complexity index is 1400. The Morgan fingerprint density at radius 2 is 0.513 bits per heavy atom. The Morgan fingerprint density at radius 1 is 0.276 bits per heavy atom.